The predicted molar refractivity (Wildman–Crippen MR) is 145 cm³/mol. The van der Waals surface area contributed by atoms with Crippen LogP contribution in [0.3, 0.4) is 0 Å². The molecule has 0 unspecified atom stereocenters. The van der Waals surface area contributed by atoms with Gasteiger partial charge in [-0.2, -0.15) is 0 Å². The second kappa shape index (κ2) is 14.3. The number of aromatic nitrogens is 1. The molecule has 1 atom stereocenters. The molecular formula is C27H34FN7O5. The van der Waals surface area contributed by atoms with E-state index < -0.39 is 17.8 Å². The van der Waals surface area contributed by atoms with Gasteiger partial charge in [0.05, 0.1) is 25.7 Å². The van der Waals surface area contributed by atoms with Crippen LogP contribution in [-0.4, -0.2) is 84.4 Å². The summed E-state index contributed by atoms with van der Waals surface area (Å²) in [5.74, 6) is -0.792. The van der Waals surface area contributed by atoms with Crippen molar-refractivity contribution in [2.45, 2.75) is 38.1 Å². The molecule has 0 spiro atoms. The third kappa shape index (κ3) is 7.73. The number of urea groups is 1. The highest BCUT2D eigenvalue weighted by Gasteiger charge is 2.35. The Kier molecular flexibility index (Phi) is 10.4. The van der Waals surface area contributed by atoms with Crippen LogP contribution in [-0.2, 0) is 22.4 Å². The smallest absolute Gasteiger partial charge is 0.320 e. The maximum atomic E-state index is 14.8. The number of fused-ring (bicyclic) bond motifs is 1. The van der Waals surface area contributed by atoms with Gasteiger partial charge in [0.2, 0.25) is 0 Å². The molecule has 1 fully saturated rings. The summed E-state index contributed by atoms with van der Waals surface area (Å²) in [6, 6.07) is 7.31. The molecule has 214 valence electrons. The quantitative estimate of drug-likeness (QED) is 0.145. The Morgan fingerprint density at radius 3 is 2.92 bits per heavy atom. The Morgan fingerprint density at radius 1 is 1.25 bits per heavy atom. The molecule has 1 aromatic carbocycles. The Balaban J connectivity index is 1.31. The van der Waals surface area contributed by atoms with E-state index in [1.807, 2.05) is 6.07 Å². The van der Waals surface area contributed by atoms with Gasteiger partial charge in [-0.3, -0.25) is 4.79 Å². The van der Waals surface area contributed by atoms with Crippen LogP contribution in [0.15, 0.2) is 35.4 Å². The van der Waals surface area contributed by atoms with Crippen molar-refractivity contribution in [2.75, 3.05) is 57.9 Å². The van der Waals surface area contributed by atoms with Crippen LogP contribution >= 0.6 is 0 Å². The van der Waals surface area contributed by atoms with Crippen LogP contribution in [0.2, 0.25) is 0 Å². The van der Waals surface area contributed by atoms with Crippen molar-refractivity contribution in [3.05, 3.63) is 63.4 Å². The molecule has 0 aliphatic carbocycles. The average Bonchev–Trinajstić information content (AvgIpc) is 3.31. The molecule has 0 radical (unpaired) electrons. The zero-order chi connectivity index (χ0) is 28.3. The summed E-state index contributed by atoms with van der Waals surface area (Å²) in [7, 11) is 0. The van der Waals surface area contributed by atoms with Crippen molar-refractivity contribution < 1.29 is 28.6 Å². The topological polar surface area (TPSA) is 153 Å². The first kappa shape index (κ1) is 28.9. The highest BCUT2D eigenvalue weighted by molar-refractivity contribution is 5.78. The van der Waals surface area contributed by atoms with Crippen LogP contribution < -0.4 is 10.1 Å². The van der Waals surface area contributed by atoms with E-state index in [1.54, 1.807) is 11.0 Å². The molecule has 0 bridgehead atoms. The van der Waals surface area contributed by atoms with Gasteiger partial charge >= 0.3 is 12.0 Å². The number of rotatable bonds is 15. The van der Waals surface area contributed by atoms with E-state index in [0.717, 1.165) is 43.7 Å². The molecule has 4 rings (SSSR count). The summed E-state index contributed by atoms with van der Waals surface area (Å²) < 4.78 is 25.5. The zero-order valence-electron chi connectivity index (χ0n) is 22.3. The van der Waals surface area contributed by atoms with E-state index in [-0.39, 0.29) is 44.6 Å². The number of benzene rings is 1. The van der Waals surface area contributed by atoms with E-state index in [9.17, 15) is 19.1 Å². The molecule has 13 heteroatoms. The van der Waals surface area contributed by atoms with Crippen LogP contribution in [0.4, 0.5) is 15.0 Å². The maximum Gasteiger partial charge on any atom is 0.320 e. The standard InChI is InChI=1S/C27H34FN7O5/c28-22-17-20(6-8-24(22)40-16-15-39-14-10-31-33-29)23(18-25(36)37)35-13-12-34(27(35)38)11-2-4-21-7-5-19-3-1-9-30-26(19)32-21/h5-8,17,23H,1-4,9-16,18H2,(H,30,32)(H,36,37)/t23-/m0/s1. The van der Waals surface area contributed by atoms with E-state index in [0.29, 0.717) is 25.2 Å². The number of aryl methyl sites for hydroxylation is 2. The number of nitrogens with one attached hydrogen (secondary N) is 1. The summed E-state index contributed by atoms with van der Waals surface area (Å²) in [5, 5.41) is 16.2. The van der Waals surface area contributed by atoms with E-state index in [1.165, 1.54) is 22.6 Å². The summed E-state index contributed by atoms with van der Waals surface area (Å²) in [4.78, 5) is 35.4. The maximum absolute atomic E-state index is 14.8. The molecule has 1 saturated heterocycles. The number of azide groups is 1. The minimum atomic E-state index is -1.08. The highest BCUT2D eigenvalue weighted by Crippen LogP contribution is 2.31. The Morgan fingerprint density at radius 2 is 2.12 bits per heavy atom. The zero-order valence-corrected chi connectivity index (χ0v) is 22.3. The molecule has 2 aliphatic heterocycles. The first-order chi connectivity index (χ1) is 19.5. The number of carboxylic acids is 1. The number of carbonyl (C=O) groups excluding carboxylic acids is 1. The SMILES string of the molecule is [N-]=[N+]=NCCOCCOc1ccc([C@H](CC(=O)O)N2CCN(CCCc3ccc4c(n3)NCCC4)C2=O)cc1F. The molecule has 2 N–H and O–H groups in total. The number of carboxylic acid groups (broad SMARTS) is 1. The lowest BCUT2D eigenvalue weighted by molar-refractivity contribution is -0.138. The van der Waals surface area contributed by atoms with Gasteiger partial charge in [-0.05, 0) is 60.5 Å². The summed E-state index contributed by atoms with van der Waals surface area (Å²) in [5.41, 5.74) is 10.8. The molecule has 12 nitrogen and oxygen atoms in total. The van der Waals surface area contributed by atoms with Gasteiger partial charge in [0.15, 0.2) is 11.6 Å². The Hall–Kier alpha value is -4.09. The Labute approximate surface area is 231 Å². The van der Waals surface area contributed by atoms with Gasteiger partial charge < -0.3 is 29.7 Å². The molecule has 40 heavy (non-hydrogen) atoms. The second-order valence-electron chi connectivity index (χ2n) is 9.63. The first-order valence-electron chi connectivity index (χ1n) is 13.5. The largest absolute Gasteiger partial charge is 0.488 e. The fraction of sp³-hybridized carbons (Fsp3) is 0.519. The molecule has 0 saturated carbocycles. The lowest BCUT2D eigenvalue weighted by Crippen LogP contribution is -2.36. The van der Waals surface area contributed by atoms with Gasteiger partial charge in [0.1, 0.15) is 12.4 Å². The molecule has 3 heterocycles. The molecule has 2 aliphatic rings. The summed E-state index contributed by atoms with van der Waals surface area (Å²) >= 11 is 0. The number of anilines is 1. The average molecular weight is 556 g/mol. The third-order valence-electron chi connectivity index (χ3n) is 6.91. The normalized spacial score (nSPS) is 15.3. The molecular weight excluding hydrogens is 521 g/mol. The van der Waals surface area contributed by atoms with E-state index in [4.69, 9.17) is 20.0 Å². The lowest BCUT2D eigenvalue weighted by Gasteiger charge is -2.27. The van der Waals surface area contributed by atoms with Gasteiger partial charge in [-0.15, -0.1) is 0 Å². The van der Waals surface area contributed by atoms with Crippen molar-refractivity contribution in [2.24, 2.45) is 5.11 Å². The number of halogens is 1. The monoisotopic (exact) mass is 555 g/mol. The van der Waals surface area contributed by atoms with E-state index >= 15 is 0 Å². The fourth-order valence-corrected chi connectivity index (χ4v) is 4.93. The third-order valence-corrected chi connectivity index (χ3v) is 6.91. The molecule has 2 aromatic rings. The molecule has 2 amide bonds. The second-order valence-corrected chi connectivity index (χ2v) is 9.63. The van der Waals surface area contributed by atoms with Gasteiger partial charge in [-0.1, -0.05) is 17.2 Å². The van der Waals surface area contributed by atoms with Crippen molar-refractivity contribution in [1.82, 2.24) is 14.8 Å². The van der Waals surface area contributed by atoms with Crippen LogP contribution in [0.25, 0.3) is 10.4 Å². The van der Waals surface area contributed by atoms with Gasteiger partial charge in [0, 0.05) is 43.3 Å². The van der Waals surface area contributed by atoms with Gasteiger partial charge in [0.25, 0.3) is 0 Å². The number of pyridine rings is 1. The minimum absolute atomic E-state index is 0.00293. The highest BCUT2D eigenvalue weighted by atomic mass is 19.1. The van der Waals surface area contributed by atoms with Crippen molar-refractivity contribution >= 4 is 17.8 Å². The van der Waals surface area contributed by atoms with E-state index in [2.05, 4.69) is 21.4 Å². The number of amides is 2. The predicted octanol–water partition coefficient (Wildman–Crippen LogP) is 4.17. The number of hydrogen-bond donors (Lipinski definition) is 2. The van der Waals surface area contributed by atoms with Crippen LogP contribution in [0.1, 0.15) is 42.1 Å². The number of hydrogen-bond acceptors (Lipinski definition) is 7. The number of nitrogens with zero attached hydrogens (tertiary/aromatic N) is 6. The summed E-state index contributed by atoms with van der Waals surface area (Å²) in [6.45, 7) is 2.96. The lowest BCUT2D eigenvalue weighted by atomic mass is 10.0. The minimum Gasteiger partial charge on any atom is -0.488 e. The van der Waals surface area contributed by atoms with Gasteiger partial charge in [-0.25, -0.2) is 14.2 Å². The van der Waals surface area contributed by atoms with Crippen LogP contribution in [0.5, 0.6) is 5.75 Å². The van der Waals surface area contributed by atoms with Crippen molar-refractivity contribution in [1.29, 1.82) is 0 Å². The number of carbonyl (C=O) groups is 2. The first-order valence-corrected chi connectivity index (χ1v) is 13.5. The fourth-order valence-electron chi connectivity index (χ4n) is 4.93. The summed E-state index contributed by atoms with van der Waals surface area (Å²) in [6.07, 6.45) is 3.24. The molecule has 1 aromatic heterocycles. The van der Waals surface area contributed by atoms with Crippen LogP contribution in [0, 0.1) is 5.82 Å². The Bertz CT molecular complexity index is 1240. The number of ether oxygens (including phenoxy) is 2. The van der Waals surface area contributed by atoms with Crippen molar-refractivity contribution in [3.8, 4) is 5.75 Å². The van der Waals surface area contributed by atoms with Crippen molar-refractivity contribution in [3.63, 3.8) is 0 Å². The number of aliphatic carboxylic acids is 1.